The summed E-state index contributed by atoms with van der Waals surface area (Å²) >= 11 is 1.65. The van der Waals surface area contributed by atoms with Gasteiger partial charge in [-0.2, -0.15) is 0 Å². The minimum Gasteiger partial charge on any atom is -0.359 e. The van der Waals surface area contributed by atoms with E-state index in [4.69, 9.17) is 0 Å². The molecule has 0 spiro atoms. The molecule has 2 atom stereocenters. The number of fused-ring (bicyclic) bond motifs is 1. The molecule has 2 aliphatic heterocycles. The molecule has 98 valence electrons. The number of hydrogen-bond donors (Lipinski definition) is 2. The first-order valence-electron chi connectivity index (χ1n) is 6.59. The second-order valence-corrected chi connectivity index (χ2v) is 6.64. The highest BCUT2D eigenvalue weighted by Crippen LogP contribution is 2.39. The summed E-state index contributed by atoms with van der Waals surface area (Å²) in [6, 6.07) is 1.36. The van der Waals surface area contributed by atoms with Crippen LogP contribution in [0.25, 0.3) is 0 Å². The zero-order chi connectivity index (χ0) is 12.8. The van der Waals surface area contributed by atoms with Crippen LogP contribution in [0.1, 0.15) is 19.8 Å². The summed E-state index contributed by atoms with van der Waals surface area (Å²) in [6.45, 7) is 12.5. The summed E-state index contributed by atoms with van der Waals surface area (Å²) in [5, 5.41) is 3.39. The molecule has 0 aromatic carbocycles. The molecule has 0 amide bonds. The maximum absolute atomic E-state index is 4.11. The van der Waals surface area contributed by atoms with Crippen molar-refractivity contribution in [2.24, 2.45) is 0 Å². The zero-order valence-electron chi connectivity index (χ0n) is 10.9. The van der Waals surface area contributed by atoms with E-state index >= 15 is 0 Å². The Labute approximate surface area is 114 Å². The van der Waals surface area contributed by atoms with Crippen molar-refractivity contribution >= 4 is 11.9 Å². The first-order chi connectivity index (χ1) is 8.63. The molecular weight excluding hydrogens is 242 g/mol. The molecule has 3 nitrogen and oxygen atoms in total. The second-order valence-electron chi connectivity index (χ2n) is 5.70. The van der Waals surface area contributed by atoms with Crippen LogP contribution in [0, 0.1) is 0 Å². The molecule has 1 aliphatic carbocycles. The fraction of sp³-hybridized carbons (Fsp3) is 0.571. The lowest BCUT2D eigenvalue weighted by Gasteiger charge is -2.13. The van der Waals surface area contributed by atoms with E-state index in [0.29, 0.717) is 17.6 Å². The van der Waals surface area contributed by atoms with Crippen LogP contribution < -0.4 is 10.0 Å². The van der Waals surface area contributed by atoms with Crippen LogP contribution >= 0.6 is 11.9 Å². The van der Waals surface area contributed by atoms with Crippen molar-refractivity contribution in [1.82, 2.24) is 14.9 Å². The topological polar surface area (TPSA) is 27.1 Å². The van der Waals surface area contributed by atoms with Gasteiger partial charge in [0.1, 0.15) is 0 Å². The van der Waals surface area contributed by atoms with Crippen molar-refractivity contribution in [1.29, 1.82) is 0 Å². The van der Waals surface area contributed by atoms with Crippen molar-refractivity contribution in [3.63, 3.8) is 0 Å². The number of hydrogen-bond acceptors (Lipinski definition) is 4. The maximum atomic E-state index is 4.11. The molecular formula is C14H21N3S. The third kappa shape index (κ3) is 2.37. The van der Waals surface area contributed by atoms with Crippen molar-refractivity contribution in [3.8, 4) is 0 Å². The van der Waals surface area contributed by atoms with Gasteiger partial charge < -0.3 is 10.2 Å². The maximum Gasteiger partial charge on any atom is 0.0635 e. The second kappa shape index (κ2) is 4.44. The lowest BCUT2D eigenvalue weighted by atomic mass is 10.3. The highest BCUT2D eigenvalue weighted by atomic mass is 32.2. The van der Waals surface area contributed by atoms with Crippen LogP contribution in [0.15, 0.2) is 35.9 Å². The van der Waals surface area contributed by atoms with Gasteiger partial charge in [-0.25, -0.2) is 0 Å². The zero-order valence-corrected chi connectivity index (χ0v) is 11.7. The third-order valence-electron chi connectivity index (χ3n) is 4.02. The molecule has 0 radical (unpaired) electrons. The van der Waals surface area contributed by atoms with Crippen molar-refractivity contribution in [3.05, 3.63) is 35.9 Å². The largest absolute Gasteiger partial charge is 0.359 e. The molecule has 18 heavy (non-hydrogen) atoms. The minimum atomic E-state index is 0.343. The van der Waals surface area contributed by atoms with Crippen molar-refractivity contribution in [2.45, 2.75) is 37.4 Å². The van der Waals surface area contributed by atoms with E-state index in [1.165, 1.54) is 18.5 Å². The average molecular weight is 263 g/mol. The molecule has 2 unspecified atom stereocenters. The summed E-state index contributed by atoms with van der Waals surface area (Å²) in [5.41, 5.74) is 1.56. The standard InChI is InChI=1S/C14H21N3S/c1-4-11(17-12-8-15-9-13(12)17)7-10(2)18-16-14(3)5-6-14/h4,7,12-13,15-16H,1-2,5-6,8-9H2,3H3/b11-7+. The number of piperazine rings is 1. The smallest absolute Gasteiger partial charge is 0.0635 e. The molecule has 2 N–H and O–H groups in total. The molecule has 3 rings (SSSR count). The van der Waals surface area contributed by atoms with Crippen LogP contribution in [-0.4, -0.2) is 35.6 Å². The summed E-state index contributed by atoms with van der Waals surface area (Å²) in [4.78, 5) is 3.50. The predicted molar refractivity (Wildman–Crippen MR) is 78.1 cm³/mol. The number of nitrogens with zero attached hydrogens (tertiary/aromatic N) is 1. The van der Waals surface area contributed by atoms with Crippen LogP contribution in [0.2, 0.25) is 0 Å². The first-order valence-corrected chi connectivity index (χ1v) is 7.41. The molecule has 3 fully saturated rings. The Morgan fingerprint density at radius 3 is 2.67 bits per heavy atom. The first kappa shape index (κ1) is 12.3. The monoisotopic (exact) mass is 263 g/mol. The van der Waals surface area contributed by atoms with E-state index in [1.807, 2.05) is 6.08 Å². The van der Waals surface area contributed by atoms with Crippen LogP contribution in [0.4, 0.5) is 0 Å². The van der Waals surface area contributed by atoms with E-state index in [0.717, 1.165) is 18.0 Å². The van der Waals surface area contributed by atoms with Gasteiger partial charge in [0, 0.05) is 29.2 Å². The molecule has 2 saturated heterocycles. The Hall–Kier alpha value is -0.710. The number of allylic oxidation sites excluding steroid dienone is 2. The van der Waals surface area contributed by atoms with Crippen molar-refractivity contribution in [2.75, 3.05) is 13.1 Å². The van der Waals surface area contributed by atoms with Gasteiger partial charge in [-0.15, -0.1) is 0 Å². The molecule has 1 saturated carbocycles. The highest BCUT2D eigenvalue weighted by molar-refractivity contribution is 8.01. The Morgan fingerprint density at radius 2 is 2.11 bits per heavy atom. The molecule has 4 heteroatoms. The van der Waals surface area contributed by atoms with Gasteiger partial charge in [0.05, 0.1) is 12.1 Å². The summed E-state index contributed by atoms with van der Waals surface area (Å²) in [7, 11) is 0. The molecule has 3 aliphatic rings. The van der Waals surface area contributed by atoms with Gasteiger partial charge in [0.25, 0.3) is 0 Å². The minimum absolute atomic E-state index is 0.343. The van der Waals surface area contributed by atoms with Gasteiger partial charge in [-0.05, 0) is 43.9 Å². The Kier molecular flexibility index (Phi) is 3.04. The normalized spacial score (nSPS) is 32.1. The Balaban J connectivity index is 1.55. The van der Waals surface area contributed by atoms with Gasteiger partial charge >= 0.3 is 0 Å². The fourth-order valence-corrected chi connectivity index (χ4v) is 3.24. The van der Waals surface area contributed by atoms with Gasteiger partial charge in [-0.3, -0.25) is 4.72 Å². The molecule has 0 aromatic heterocycles. The predicted octanol–water partition coefficient (Wildman–Crippen LogP) is 2.02. The quantitative estimate of drug-likeness (QED) is 0.435. The van der Waals surface area contributed by atoms with E-state index in [2.05, 4.69) is 41.1 Å². The van der Waals surface area contributed by atoms with Gasteiger partial charge in [0.15, 0.2) is 0 Å². The average Bonchev–Trinajstić information content (AvgIpc) is 3.21. The molecule has 0 bridgehead atoms. The fourth-order valence-electron chi connectivity index (χ4n) is 2.48. The van der Waals surface area contributed by atoms with Gasteiger partial charge in [-0.1, -0.05) is 13.2 Å². The third-order valence-corrected chi connectivity index (χ3v) is 5.00. The highest BCUT2D eigenvalue weighted by Gasteiger charge is 2.50. The summed E-state index contributed by atoms with van der Waals surface area (Å²) in [5.74, 6) is 0. The summed E-state index contributed by atoms with van der Waals surface area (Å²) in [6.07, 6.45) is 6.64. The van der Waals surface area contributed by atoms with E-state index in [1.54, 1.807) is 11.9 Å². The van der Waals surface area contributed by atoms with E-state index < -0.39 is 0 Å². The van der Waals surface area contributed by atoms with E-state index in [9.17, 15) is 0 Å². The van der Waals surface area contributed by atoms with Gasteiger partial charge in [0.2, 0.25) is 0 Å². The number of rotatable bonds is 6. The Morgan fingerprint density at radius 1 is 1.44 bits per heavy atom. The molecule has 0 aromatic rings. The van der Waals surface area contributed by atoms with Crippen molar-refractivity contribution < 1.29 is 0 Å². The Bertz CT molecular complexity index is 401. The molecule has 2 heterocycles. The lowest BCUT2D eigenvalue weighted by Crippen LogP contribution is -2.22. The van der Waals surface area contributed by atoms with Crippen LogP contribution in [0.3, 0.4) is 0 Å². The SMILES string of the molecule is C=C/C(=C\C(=C)SNC1(C)CC1)N1C2CNCC21. The van der Waals surface area contributed by atoms with Crippen LogP contribution in [0.5, 0.6) is 0 Å². The van der Waals surface area contributed by atoms with E-state index in [-0.39, 0.29) is 0 Å². The lowest BCUT2D eigenvalue weighted by molar-refractivity contribution is 0.527. The number of nitrogens with one attached hydrogen (secondary N) is 2. The summed E-state index contributed by atoms with van der Waals surface area (Å²) < 4.78 is 3.48. The van der Waals surface area contributed by atoms with Crippen LogP contribution in [-0.2, 0) is 0 Å².